The zero-order chi connectivity index (χ0) is 8.10. The fraction of sp³-hybridized carbons (Fsp3) is 1.00. The molecule has 0 radical (unpaired) electrons. The van der Waals surface area contributed by atoms with E-state index in [0.717, 1.165) is 30.8 Å². The molecule has 11 heavy (non-hydrogen) atoms. The summed E-state index contributed by atoms with van der Waals surface area (Å²) in [6, 6.07) is 0. The van der Waals surface area contributed by atoms with Gasteiger partial charge in [0, 0.05) is 12.4 Å². The topological polar surface area (TPSA) is 40.5 Å². The minimum absolute atomic E-state index is 0.0845. The SMILES string of the molecule is OCCCCC1CSCC1O. The molecule has 0 bridgehead atoms. The summed E-state index contributed by atoms with van der Waals surface area (Å²) < 4.78 is 0. The molecule has 1 aliphatic heterocycles. The van der Waals surface area contributed by atoms with Crippen LogP contribution >= 0.6 is 11.8 Å². The highest BCUT2D eigenvalue weighted by Crippen LogP contribution is 2.27. The van der Waals surface area contributed by atoms with Crippen LogP contribution in [0.1, 0.15) is 19.3 Å². The maximum Gasteiger partial charge on any atom is 0.0666 e. The lowest BCUT2D eigenvalue weighted by atomic mass is 9.99. The van der Waals surface area contributed by atoms with Crippen molar-refractivity contribution in [3.8, 4) is 0 Å². The zero-order valence-electron chi connectivity index (χ0n) is 6.70. The Balaban J connectivity index is 2.05. The fourth-order valence-electron chi connectivity index (χ4n) is 1.38. The van der Waals surface area contributed by atoms with Gasteiger partial charge in [0.2, 0.25) is 0 Å². The minimum Gasteiger partial charge on any atom is -0.396 e. The van der Waals surface area contributed by atoms with Crippen LogP contribution in [0.2, 0.25) is 0 Å². The normalized spacial score (nSPS) is 31.1. The lowest BCUT2D eigenvalue weighted by molar-refractivity contribution is 0.141. The van der Waals surface area contributed by atoms with E-state index in [1.165, 1.54) is 0 Å². The quantitative estimate of drug-likeness (QED) is 0.625. The average Bonchev–Trinajstić information content (AvgIpc) is 2.37. The van der Waals surface area contributed by atoms with Gasteiger partial charge in [-0.3, -0.25) is 0 Å². The van der Waals surface area contributed by atoms with Crippen molar-refractivity contribution in [2.45, 2.75) is 25.4 Å². The second kappa shape index (κ2) is 5.01. The van der Waals surface area contributed by atoms with Crippen molar-refractivity contribution in [1.29, 1.82) is 0 Å². The van der Waals surface area contributed by atoms with Crippen LogP contribution in [0.15, 0.2) is 0 Å². The Hall–Kier alpha value is 0.270. The van der Waals surface area contributed by atoms with Crippen LogP contribution in [0.4, 0.5) is 0 Å². The Bertz CT molecular complexity index is 108. The van der Waals surface area contributed by atoms with E-state index in [-0.39, 0.29) is 12.7 Å². The van der Waals surface area contributed by atoms with Crippen molar-refractivity contribution in [3.05, 3.63) is 0 Å². The van der Waals surface area contributed by atoms with Crippen LogP contribution in [0.3, 0.4) is 0 Å². The number of hydrogen-bond donors (Lipinski definition) is 2. The monoisotopic (exact) mass is 176 g/mol. The summed E-state index contributed by atoms with van der Waals surface area (Å²) in [5, 5.41) is 17.9. The van der Waals surface area contributed by atoms with Gasteiger partial charge in [-0.2, -0.15) is 11.8 Å². The third-order valence-electron chi connectivity index (χ3n) is 2.15. The molecule has 0 saturated carbocycles. The lowest BCUT2D eigenvalue weighted by Crippen LogP contribution is -2.17. The highest BCUT2D eigenvalue weighted by molar-refractivity contribution is 7.99. The summed E-state index contributed by atoms with van der Waals surface area (Å²) in [6.07, 6.45) is 2.93. The first-order valence-electron chi connectivity index (χ1n) is 4.21. The molecule has 66 valence electrons. The van der Waals surface area contributed by atoms with Crippen molar-refractivity contribution >= 4 is 11.8 Å². The van der Waals surface area contributed by atoms with Crippen molar-refractivity contribution in [2.24, 2.45) is 5.92 Å². The van der Waals surface area contributed by atoms with Crippen molar-refractivity contribution < 1.29 is 10.2 Å². The molecule has 1 saturated heterocycles. The van der Waals surface area contributed by atoms with Gasteiger partial charge in [0.25, 0.3) is 0 Å². The molecule has 3 heteroatoms. The molecule has 2 unspecified atom stereocenters. The first-order chi connectivity index (χ1) is 5.34. The molecule has 0 amide bonds. The number of aliphatic hydroxyl groups is 2. The fourth-order valence-corrected chi connectivity index (χ4v) is 2.72. The molecule has 1 rings (SSSR count). The second-order valence-corrected chi connectivity index (χ2v) is 4.16. The van der Waals surface area contributed by atoms with Gasteiger partial charge in [-0.05, 0) is 24.5 Å². The van der Waals surface area contributed by atoms with Gasteiger partial charge in [0.15, 0.2) is 0 Å². The molecule has 0 aliphatic carbocycles. The van der Waals surface area contributed by atoms with Gasteiger partial charge in [0.1, 0.15) is 0 Å². The van der Waals surface area contributed by atoms with E-state index in [1.54, 1.807) is 0 Å². The van der Waals surface area contributed by atoms with E-state index >= 15 is 0 Å². The Kier molecular flexibility index (Phi) is 4.26. The van der Waals surface area contributed by atoms with Gasteiger partial charge in [0.05, 0.1) is 6.10 Å². The molecule has 2 N–H and O–H groups in total. The molecule has 1 fully saturated rings. The standard InChI is InChI=1S/C8H16O2S/c9-4-2-1-3-7-5-11-6-8(7)10/h7-10H,1-6H2. The van der Waals surface area contributed by atoms with Crippen LogP contribution in [0.5, 0.6) is 0 Å². The molecular weight excluding hydrogens is 160 g/mol. The van der Waals surface area contributed by atoms with E-state index < -0.39 is 0 Å². The molecule has 0 aromatic carbocycles. The predicted octanol–water partition coefficient (Wildman–Crippen LogP) is 0.873. The summed E-state index contributed by atoms with van der Waals surface area (Å²) in [5.74, 6) is 2.50. The molecule has 2 nitrogen and oxygen atoms in total. The predicted molar refractivity (Wildman–Crippen MR) is 47.8 cm³/mol. The maximum atomic E-state index is 9.40. The van der Waals surface area contributed by atoms with E-state index in [2.05, 4.69) is 0 Å². The van der Waals surface area contributed by atoms with E-state index in [0.29, 0.717) is 5.92 Å². The highest BCUT2D eigenvalue weighted by Gasteiger charge is 2.24. The van der Waals surface area contributed by atoms with Gasteiger partial charge < -0.3 is 10.2 Å². The first-order valence-corrected chi connectivity index (χ1v) is 5.36. The van der Waals surface area contributed by atoms with Crippen LogP contribution in [-0.2, 0) is 0 Å². The van der Waals surface area contributed by atoms with Crippen molar-refractivity contribution in [3.63, 3.8) is 0 Å². The van der Waals surface area contributed by atoms with Gasteiger partial charge >= 0.3 is 0 Å². The Morgan fingerprint density at radius 3 is 2.64 bits per heavy atom. The summed E-state index contributed by atoms with van der Waals surface area (Å²) in [6.45, 7) is 0.288. The van der Waals surface area contributed by atoms with Crippen molar-refractivity contribution in [1.82, 2.24) is 0 Å². The molecule has 1 heterocycles. The lowest BCUT2D eigenvalue weighted by Gasteiger charge is -2.11. The zero-order valence-corrected chi connectivity index (χ0v) is 7.52. The van der Waals surface area contributed by atoms with Crippen LogP contribution in [-0.4, -0.2) is 34.4 Å². The van der Waals surface area contributed by atoms with E-state index in [1.807, 2.05) is 11.8 Å². The Morgan fingerprint density at radius 1 is 1.27 bits per heavy atom. The minimum atomic E-state index is -0.0845. The van der Waals surface area contributed by atoms with Gasteiger partial charge in [-0.1, -0.05) is 6.42 Å². The van der Waals surface area contributed by atoms with E-state index in [4.69, 9.17) is 5.11 Å². The van der Waals surface area contributed by atoms with Crippen LogP contribution in [0, 0.1) is 5.92 Å². The molecular formula is C8H16O2S. The average molecular weight is 176 g/mol. The number of thioether (sulfide) groups is 1. The third-order valence-corrected chi connectivity index (χ3v) is 3.39. The van der Waals surface area contributed by atoms with Crippen molar-refractivity contribution in [2.75, 3.05) is 18.1 Å². The smallest absolute Gasteiger partial charge is 0.0666 e. The molecule has 0 aromatic heterocycles. The van der Waals surface area contributed by atoms with Crippen LogP contribution in [0.25, 0.3) is 0 Å². The Labute approximate surface area is 72.0 Å². The molecule has 0 aromatic rings. The van der Waals surface area contributed by atoms with Crippen LogP contribution < -0.4 is 0 Å². The summed E-state index contributed by atoms with van der Waals surface area (Å²) >= 11 is 1.84. The van der Waals surface area contributed by atoms with Gasteiger partial charge in [-0.25, -0.2) is 0 Å². The molecule has 1 aliphatic rings. The number of aliphatic hydroxyl groups excluding tert-OH is 2. The molecule has 2 atom stereocenters. The Morgan fingerprint density at radius 2 is 2.09 bits per heavy atom. The first kappa shape index (κ1) is 9.36. The number of hydrogen-bond acceptors (Lipinski definition) is 3. The largest absolute Gasteiger partial charge is 0.396 e. The summed E-state index contributed by atoms with van der Waals surface area (Å²) in [4.78, 5) is 0. The summed E-state index contributed by atoms with van der Waals surface area (Å²) in [5.41, 5.74) is 0. The molecule has 0 spiro atoms. The number of unbranched alkanes of at least 4 members (excludes halogenated alkanes) is 1. The highest BCUT2D eigenvalue weighted by atomic mass is 32.2. The number of rotatable bonds is 4. The summed E-state index contributed by atoms with van der Waals surface area (Å²) in [7, 11) is 0. The third kappa shape index (κ3) is 3.01. The van der Waals surface area contributed by atoms with E-state index in [9.17, 15) is 5.11 Å². The van der Waals surface area contributed by atoms with Gasteiger partial charge in [-0.15, -0.1) is 0 Å². The maximum absolute atomic E-state index is 9.40. The second-order valence-electron chi connectivity index (χ2n) is 3.08.